The van der Waals surface area contributed by atoms with Gasteiger partial charge in [-0.15, -0.1) is 0 Å². The summed E-state index contributed by atoms with van der Waals surface area (Å²) in [5, 5.41) is 8.64. The maximum Gasteiger partial charge on any atom is 0.347 e. The van der Waals surface area contributed by atoms with E-state index < -0.39 is 24.1 Å². The maximum atomic E-state index is 13.1. The van der Waals surface area contributed by atoms with Crippen LogP contribution in [0.4, 0.5) is 8.78 Å². The zero-order valence-electron chi connectivity index (χ0n) is 28.0. The van der Waals surface area contributed by atoms with E-state index in [-0.39, 0.29) is 22.4 Å². The molecule has 1 amide bonds. The first-order valence-corrected chi connectivity index (χ1v) is 16.4. The number of rotatable bonds is 16. The number of amides is 1. The van der Waals surface area contributed by atoms with Crippen molar-refractivity contribution in [3.8, 4) is 11.5 Å². The molecule has 260 valence electrons. The minimum Gasteiger partial charge on any atom is -0.481 e. The lowest BCUT2D eigenvalue weighted by atomic mass is 10.1. The zero-order chi connectivity index (χ0) is 35.1. The van der Waals surface area contributed by atoms with Gasteiger partial charge in [0.05, 0.1) is 14.2 Å². The number of hydrogen-bond acceptors (Lipinski definition) is 8. The van der Waals surface area contributed by atoms with Crippen molar-refractivity contribution in [1.29, 1.82) is 0 Å². The fraction of sp³-hybridized carbons (Fsp3) is 0.559. The Morgan fingerprint density at radius 2 is 1.15 bits per heavy atom. The number of carbonyl (C=O) groups is 3. The number of esters is 2. The van der Waals surface area contributed by atoms with Gasteiger partial charge in [0.15, 0.2) is 12.2 Å². The highest BCUT2D eigenvalue weighted by atomic mass is 79.9. The van der Waals surface area contributed by atoms with E-state index in [9.17, 15) is 23.2 Å². The number of halogens is 3. The lowest BCUT2D eigenvalue weighted by Gasteiger charge is -2.17. The second kappa shape index (κ2) is 24.9. The highest BCUT2D eigenvalue weighted by molar-refractivity contribution is 9.10. The molecule has 0 aliphatic rings. The normalized spacial score (nSPS) is 12.2. The fourth-order valence-electron chi connectivity index (χ4n) is 3.79. The van der Waals surface area contributed by atoms with Crippen LogP contribution < -0.4 is 15.0 Å². The summed E-state index contributed by atoms with van der Waals surface area (Å²) < 4.78 is 46.5. The van der Waals surface area contributed by atoms with Crippen LogP contribution in [0, 0.1) is 25.5 Å². The van der Waals surface area contributed by atoms with E-state index in [0.717, 1.165) is 44.9 Å². The maximum absolute atomic E-state index is 13.1. The van der Waals surface area contributed by atoms with Crippen molar-refractivity contribution < 1.29 is 47.3 Å². The van der Waals surface area contributed by atoms with Gasteiger partial charge in [-0.05, 0) is 93.5 Å². The van der Waals surface area contributed by atoms with E-state index >= 15 is 0 Å². The molecule has 3 unspecified atom stereocenters. The number of unbranched alkanes of at least 4 members (excludes halogenated alkanes) is 3. The average Bonchev–Trinajstić information content (AvgIpc) is 3.06. The summed E-state index contributed by atoms with van der Waals surface area (Å²) in [6.07, 6.45) is 6.31. The molecule has 0 aliphatic heterocycles. The first-order valence-electron chi connectivity index (χ1n) is 15.5. The van der Waals surface area contributed by atoms with Crippen molar-refractivity contribution >= 4 is 33.8 Å². The molecular weight excluding hydrogens is 668 g/mol. The third kappa shape index (κ3) is 17.4. The van der Waals surface area contributed by atoms with Crippen molar-refractivity contribution in [2.45, 2.75) is 109 Å². The Morgan fingerprint density at radius 1 is 0.739 bits per heavy atom. The molecule has 0 spiro atoms. The van der Waals surface area contributed by atoms with Crippen LogP contribution in [0.3, 0.4) is 0 Å². The number of ether oxygens (including phenoxy) is 4. The minimum absolute atomic E-state index is 0.113. The van der Waals surface area contributed by atoms with Gasteiger partial charge in [-0.2, -0.15) is 0 Å². The van der Waals surface area contributed by atoms with Crippen LogP contribution in [0.1, 0.15) is 89.7 Å². The van der Waals surface area contributed by atoms with Crippen molar-refractivity contribution in [2.24, 2.45) is 0 Å². The number of nitrogens with one attached hydrogen (secondary N) is 1. The summed E-state index contributed by atoms with van der Waals surface area (Å²) in [6, 6.07) is 8.71. The Morgan fingerprint density at radius 3 is 1.54 bits per heavy atom. The number of hydrogen-bond donors (Lipinski definition) is 2. The molecule has 0 aliphatic carbocycles. The molecule has 12 heteroatoms. The summed E-state index contributed by atoms with van der Waals surface area (Å²) in [6.45, 7) is 9.40. The van der Waals surface area contributed by atoms with Crippen LogP contribution in [-0.4, -0.2) is 54.3 Å². The third-order valence-electron chi connectivity index (χ3n) is 6.59. The molecule has 0 aromatic heterocycles. The van der Waals surface area contributed by atoms with Crippen LogP contribution >= 0.6 is 15.9 Å². The highest BCUT2D eigenvalue weighted by Crippen LogP contribution is 2.20. The Hall–Kier alpha value is -3.25. The van der Waals surface area contributed by atoms with Gasteiger partial charge in [0.1, 0.15) is 28.0 Å². The molecule has 2 N–H and O–H groups in total. The summed E-state index contributed by atoms with van der Waals surface area (Å²) in [7, 11) is 2.74. The van der Waals surface area contributed by atoms with Gasteiger partial charge in [0.2, 0.25) is 0 Å². The molecule has 0 saturated carbocycles. The second-order valence-corrected chi connectivity index (χ2v) is 11.6. The molecule has 0 radical (unpaired) electrons. The van der Waals surface area contributed by atoms with Crippen LogP contribution in [0.2, 0.25) is 0 Å². The SMILES string of the molecule is CCCCC(Br)C(=O)OC.CCCCC(Oc1ccc(F)c(C)c1)C(=O)NO.CCCCC(Oc1ccc(F)c(C)c1)C(=O)OC. The zero-order valence-corrected chi connectivity index (χ0v) is 29.6. The molecule has 0 heterocycles. The molecule has 2 aromatic carbocycles. The summed E-state index contributed by atoms with van der Waals surface area (Å²) in [5.41, 5.74) is 2.52. The number of carbonyl (C=O) groups excluding carboxylic acids is 3. The number of alkyl halides is 1. The Bertz CT molecular complexity index is 1110. The van der Waals surface area contributed by atoms with Crippen LogP contribution in [0.25, 0.3) is 0 Å². The Balaban J connectivity index is 0.000000691. The number of aryl methyl sites for hydroxylation is 2. The van der Waals surface area contributed by atoms with Gasteiger partial charge in [-0.3, -0.25) is 14.8 Å². The molecule has 2 aromatic rings. The quantitative estimate of drug-likeness (QED) is 0.0778. The average molecular weight is 719 g/mol. The Labute approximate surface area is 280 Å². The molecule has 9 nitrogen and oxygen atoms in total. The van der Waals surface area contributed by atoms with Gasteiger partial charge in [-0.25, -0.2) is 19.1 Å². The second-order valence-electron chi connectivity index (χ2n) is 10.5. The molecule has 0 bridgehead atoms. The van der Waals surface area contributed by atoms with E-state index in [0.29, 0.717) is 35.5 Å². The molecular formula is C34H50BrF2NO8. The Kier molecular flexibility index (Phi) is 23.2. The van der Waals surface area contributed by atoms with E-state index in [1.54, 1.807) is 25.4 Å². The van der Waals surface area contributed by atoms with E-state index in [4.69, 9.17) is 19.4 Å². The largest absolute Gasteiger partial charge is 0.481 e. The topological polar surface area (TPSA) is 120 Å². The van der Waals surface area contributed by atoms with Crippen LogP contribution in [0.5, 0.6) is 11.5 Å². The first-order chi connectivity index (χ1) is 21.9. The van der Waals surface area contributed by atoms with Gasteiger partial charge < -0.3 is 18.9 Å². The molecule has 3 atom stereocenters. The van der Waals surface area contributed by atoms with Gasteiger partial charge >= 0.3 is 11.9 Å². The van der Waals surface area contributed by atoms with Gasteiger partial charge in [-0.1, -0.05) is 62.4 Å². The van der Waals surface area contributed by atoms with E-state index in [2.05, 4.69) is 27.6 Å². The monoisotopic (exact) mass is 717 g/mol. The standard InChI is InChI=1S/C14H19FO3.C13H18FNO3.C7H13BrO2/c1-4-5-6-13(14(16)17-3)18-11-7-8-12(15)10(2)9-11;1-3-4-5-12(13(16)15-17)18-10-6-7-11(14)9(2)8-10;1-3-4-5-6(8)7(9)10-2/h7-9,13H,4-6H2,1-3H3;6-8,12,17H,3-5H2,1-2H3,(H,15,16);6H,3-5H2,1-2H3. The van der Waals surface area contributed by atoms with Crippen molar-refractivity contribution in [2.75, 3.05) is 14.2 Å². The van der Waals surface area contributed by atoms with Gasteiger partial charge in [0.25, 0.3) is 5.91 Å². The first kappa shape index (κ1) is 42.8. The fourth-order valence-corrected chi connectivity index (χ4v) is 4.30. The van der Waals surface area contributed by atoms with Crippen LogP contribution in [-0.2, 0) is 23.9 Å². The minimum atomic E-state index is -0.764. The van der Waals surface area contributed by atoms with E-state index in [1.807, 2.05) is 13.8 Å². The van der Waals surface area contributed by atoms with Crippen LogP contribution in [0.15, 0.2) is 36.4 Å². The van der Waals surface area contributed by atoms with Crippen molar-refractivity contribution in [1.82, 2.24) is 5.48 Å². The van der Waals surface area contributed by atoms with E-state index in [1.165, 1.54) is 44.6 Å². The van der Waals surface area contributed by atoms with Crippen molar-refractivity contribution in [3.63, 3.8) is 0 Å². The molecule has 0 fully saturated rings. The predicted molar refractivity (Wildman–Crippen MR) is 176 cm³/mol. The summed E-state index contributed by atoms with van der Waals surface area (Å²) in [4.78, 5) is 33.6. The van der Waals surface area contributed by atoms with Gasteiger partial charge in [0, 0.05) is 0 Å². The summed E-state index contributed by atoms with van der Waals surface area (Å²) in [5.74, 6) is -0.868. The smallest absolute Gasteiger partial charge is 0.347 e. The predicted octanol–water partition coefficient (Wildman–Crippen LogP) is 7.93. The highest BCUT2D eigenvalue weighted by Gasteiger charge is 2.21. The molecule has 46 heavy (non-hydrogen) atoms. The van der Waals surface area contributed by atoms with Crippen molar-refractivity contribution in [3.05, 3.63) is 59.2 Å². The molecule has 2 rings (SSSR count). The molecule has 0 saturated heterocycles. The lowest BCUT2D eigenvalue weighted by molar-refractivity contribution is -0.149. The number of benzene rings is 2. The number of hydroxylamine groups is 1. The third-order valence-corrected chi connectivity index (χ3v) is 7.42. The number of methoxy groups -OCH3 is 2. The lowest BCUT2D eigenvalue weighted by Crippen LogP contribution is -2.36. The summed E-state index contributed by atoms with van der Waals surface area (Å²) >= 11 is 3.23.